The van der Waals surface area contributed by atoms with Gasteiger partial charge in [-0.05, 0) is 30.7 Å². The van der Waals surface area contributed by atoms with Gasteiger partial charge in [0, 0.05) is 36.0 Å². The van der Waals surface area contributed by atoms with Crippen LogP contribution in [-0.4, -0.2) is 42.4 Å². The smallest absolute Gasteiger partial charge is 0.126 e. The van der Waals surface area contributed by atoms with Crippen molar-refractivity contribution in [1.82, 2.24) is 10.3 Å². The van der Waals surface area contributed by atoms with E-state index in [2.05, 4.69) is 29.3 Å². The van der Waals surface area contributed by atoms with E-state index in [1.54, 1.807) is 6.08 Å². The summed E-state index contributed by atoms with van der Waals surface area (Å²) in [5, 5.41) is 19.5. The second-order valence-corrected chi connectivity index (χ2v) is 8.20. The van der Waals surface area contributed by atoms with E-state index in [0.29, 0.717) is 18.8 Å². The van der Waals surface area contributed by atoms with Crippen molar-refractivity contribution < 1.29 is 9.84 Å². The number of rotatable bonds is 11. The number of pyridine rings is 1. The molecule has 1 unspecified atom stereocenters. The van der Waals surface area contributed by atoms with Crippen molar-refractivity contribution in [3.8, 4) is 0 Å². The molecule has 0 saturated heterocycles. The topological polar surface area (TPSA) is 66.4 Å². The van der Waals surface area contributed by atoms with Gasteiger partial charge in [0.05, 0.1) is 16.7 Å². The highest BCUT2D eigenvalue weighted by Gasteiger charge is 2.10. The Hall–Kier alpha value is -3.67. The molecule has 0 aliphatic carbocycles. The minimum absolute atomic E-state index is 0.202. The number of ether oxygens (including phenoxy) is 1. The van der Waals surface area contributed by atoms with Gasteiger partial charge in [-0.1, -0.05) is 73.3 Å². The summed E-state index contributed by atoms with van der Waals surface area (Å²) in [4.78, 5) is 4.77. The lowest BCUT2D eigenvalue weighted by Gasteiger charge is -2.17. The third-order valence-corrected chi connectivity index (χ3v) is 5.68. The standard InChI is InChI=1S/C29H31N3O2/c1-3-10-28(23-12-5-4-11-21(23)2)34-20-22(33)19-30-17-18-31-29-24-13-6-8-15-26(24)32-27-16-9-7-14-25(27)29/h3-16,22,30,33H,1,17-20H2,2H3,(H,31,32)/b28-10+. The van der Waals surface area contributed by atoms with Crippen LogP contribution < -0.4 is 10.6 Å². The number of anilines is 1. The third-order valence-electron chi connectivity index (χ3n) is 5.68. The van der Waals surface area contributed by atoms with Gasteiger partial charge < -0.3 is 20.5 Å². The Labute approximate surface area is 200 Å². The Morgan fingerprint density at radius 1 is 0.971 bits per heavy atom. The molecule has 1 atom stereocenters. The van der Waals surface area contributed by atoms with Crippen molar-refractivity contribution in [3.05, 3.63) is 103 Å². The molecular weight excluding hydrogens is 422 g/mol. The Balaban J connectivity index is 1.29. The van der Waals surface area contributed by atoms with E-state index in [4.69, 9.17) is 9.72 Å². The van der Waals surface area contributed by atoms with Gasteiger partial charge in [0.25, 0.3) is 0 Å². The summed E-state index contributed by atoms with van der Waals surface area (Å²) in [6, 6.07) is 24.3. The first kappa shape index (κ1) is 23.5. The highest BCUT2D eigenvalue weighted by atomic mass is 16.5. The molecule has 0 saturated carbocycles. The van der Waals surface area contributed by atoms with Crippen LogP contribution in [0.15, 0.2) is 91.5 Å². The zero-order chi connectivity index (χ0) is 23.8. The average Bonchev–Trinajstić information content (AvgIpc) is 2.86. The van der Waals surface area contributed by atoms with Crippen molar-refractivity contribution in [2.24, 2.45) is 0 Å². The van der Waals surface area contributed by atoms with Crippen LogP contribution in [0.5, 0.6) is 0 Å². The molecule has 0 bridgehead atoms. The lowest BCUT2D eigenvalue weighted by atomic mass is 10.1. The molecule has 174 valence electrons. The highest BCUT2D eigenvalue weighted by molar-refractivity contribution is 6.07. The molecule has 3 aromatic carbocycles. The Kier molecular flexibility index (Phi) is 7.91. The van der Waals surface area contributed by atoms with E-state index in [9.17, 15) is 5.11 Å². The maximum atomic E-state index is 10.4. The number of para-hydroxylation sites is 2. The second-order valence-electron chi connectivity index (χ2n) is 8.20. The van der Waals surface area contributed by atoms with Crippen LogP contribution in [0.3, 0.4) is 0 Å². The van der Waals surface area contributed by atoms with Gasteiger partial charge in [-0.2, -0.15) is 0 Å². The number of hydrogen-bond acceptors (Lipinski definition) is 5. The number of hydrogen-bond donors (Lipinski definition) is 3. The number of aromatic nitrogens is 1. The lowest BCUT2D eigenvalue weighted by Crippen LogP contribution is -2.33. The molecular formula is C29H31N3O2. The molecule has 4 aromatic rings. The number of benzene rings is 3. The number of aliphatic hydroxyl groups excluding tert-OH is 1. The van der Waals surface area contributed by atoms with Crippen molar-refractivity contribution in [2.45, 2.75) is 13.0 Å². The molecule has 0 aliphatic heterocycles. The number of aliphatic hydroxyl groups is 1. The van der Waals surface area contributed by atoms with Crippen LogP contribution in [0.1, 0.15) is 11.1 Å². The van der Waals surface area contributed by atoms with Crippen molar-refractivity contribution in [1.29, 1.82) is 0 Å². The maximum Gasteiger partial charge on any atom is 0.126 e. The van der Waals surface area contributed by atoms with Crippen LogP contribution in [0, 0.1) is 6.92 Å². The molecule has 1 heterocycles. The number of fused-ring (bicyclic) bond motifs is 2. The fraction of sp³-hybridized carbons (Fsp3) is 0.207. The van der Waals surface area contributed by atoms with Crippen LogP contribution >= 0.6 is 0 Å². The number of aryl methyl sites for hydroxylation is 1. The molecule has 4 rings (SSSR count). The zero-order valence-electron chi connectivity index (χ0n) is 19.5. The first-order chi connectivity index (χ1) is 16.7. The van der Waals surface area contributed by atoms with E-state index in [1.807, 2.05) is 73.7 Å². The minimum Gasteiger partial charge on any atom is -0.490 e. The normalized spacial score (nSPS) is 12.6. The monoisotopic (exact) mass is 453 g/mol. The van der Waals surface area contributed by atoms with Crippen molar-refractivity contribution in [3.63, 3.8) is 0 Å². The molecule has 3 N–H and O–H groups in total. The lowest BCUT2D eigenvalue weighted by molar-refractivity contribution is 0.0931. The fourth-order valence-corrected chi connectivity index (χ4v) is 3.99. The SMILES string of the molecule is C=C/C=C(/OCC(O)CNCCNc1c2ccccc2nc2ccccc12)c1ccccc1C. The van der Waals surface area contributed by atoms with Gasteiger partial charge in [0.1, 0.15) is 18.5 Å². The highest BCUT2D eigenvalue weighted by Crippen LogP contribution is 2.30. The van der Waals surface area contributed by atoms with E-state index in [0.717, 1.165) is 45.2 Å². The molecule has 34 heavy (non-hydrogen) atoms. The summed E-state index contributed by atoms with van der Waals surface area (Å²) in [6.45, 7) is 7.87. The Morgan fingerprint density at radius 2 is 1.62 bits per heavy atom. The van der Waals surface area contributed by atoms with Gasteiger partial charge in [-0.25, -0.2) is 4.98 Å². The van der Waals surface area contributed by atoms with Gasteiger partial charge in [0.15, 0.2) is 0 Å². The number of allylic oxidation sites excluding steroid dienone is 2. The van der Waals surface area contributed by atoms with Gasteiger partial charge in [0.2, 0.25) is 0 Å². The summed E-state index contributed by atoms with van der Waals surface area (Å²) in [6.07, 6.45) is 2.90. The number of nitrogens with one attached hydrogen (secondary N) is 2. The molecule has 0 fully saturated rings. The first-order valence-electron chi connectivity index (χ1n) is 11.6. The second kappa shape index (κ2) is 11.5. The van der Waals surface area contributed by atoms with Crippen LogP contribution in [0.2, 0.25) is 0 Å². The first-order valence-corrected chi connectivity index (χ1v) is 11.6. The van der Waals surface area contributed by atoms with Crippen LogP contribution in [0.4, 0.5) is 5.69 Å². The van der Waals surface area contributed by atoms with E-state index < -0.39 is 6.10 Å². The maximum absolute atomic E-state index is 10.4. The van der Waals surface area contributed by atoms with E-state index >= 15 is 0 Å². The molecule has 1 aromatic heterocycles. The van der Waals surface area contributed by atoms with Crippen molar-refractivity contribution in [2.75, 3.05) is 31.6 Å². The van der Waals surface area contributed by atoms with E-state index in [1.165, 1.54) is 0 Å². The number of nitrogens with zero attached hydrogens (tertiary/aromatic N) is 1. The molecule has 5 heteroatoms. The Morgan fingerprint density at radius 3 is 2.29 bits per heavy atom. The Bertz CT molecular complexity index is 1250. The van der Waals surface area contributed by atoms with Crippen LogP contribution in [-0.2, 0) is 4.74 Å². The van der Waals surface area contributed by atoms with E-state index in [-0.39, 0.29) is 6.61 Å². The van der Waals surface area contributed by atoms with Gasteiger partial charge in [-0.3, -0.25) is 0 Å². The van der Waals surface area contributed by atoms with Gasteiger partial charge >= 0.3 is 0 Å². The predicted octanol–water partition coefficient (Wildman–Crippen LogP) is 5.30. The predicted molar refractivity (Wildman–Crippen MR) is 142 cm³/mol. The third kappa shape index (κ3) is 5.63. The summed E-state index contributed by atoms with van der Waals surface area (Å²) in [5.41, 5.74) is 5.15. The molecule has 0 amide bonds. The summed E-state index contributed by atoms with van der Waals surface area (Å²) >= 11 is 0. The molecule has 0 spiro atoms. The largest absolute Gasteiger partial charge is 0.490 e. The molecule has 0 aliphatic rings. The summed E-state index contributed by atoms with van der Waals surface area (Å²) in [5.74, 6) is 0.713. The summed E-state index contributed by atoms with van der Waals surface area (Å²) in [7, 11) is 0. The average molecular weight is 454 g/mol. The molecule has 0 radical (unpaired) electrons. The molecule has 5 nitrogen and oxygen atoms in total. The van der Waals surface area contributed by atoms with Crippen molar-refractivity contribution >= 4 is 33.3 Å². The fourth-order valence-electron chi connectivity index (χ4n) is 3.99. The minimum atomic E-state index is -0.625. The van der Waals surface area contributed by atoms with Crippen LogP contribution in [0.25, 0.3) is 27.6 Å². The zero-order valence-corrected chi connectivity index (χ0v) is 19.5. The summed E-state index contributed by atoms with van der Waals surface area (Å²) < 4.78 is 5.91. The quantitative estimate of drug-likeness (QED) is 0.124. The van der Waals surface area contributed by atoms with Gasteiger partial charge in [-0.15, -0.1) is 0 Å².